The molecule has 0 aromatic carbocycles. The number of hydrogen-bond acceptors (Lipinski definition) is 3. The van der Waals surface area contributed by atoms with Crippen LogP contribution >= 0.6 is 0 Å². The molecule has 100 valence electrons. The van der Waals surface area contributed by atoms with Gasteiger partial charge in [0, 0.05) is 18.6 Å². The van der Waals surface area contributed by atoms with Crippen molar-refractivity contribution in [1.82, 2.24) is 10.2 Å². The van der Waals surface area contributed by atoms with Crippen LogP contribution in [0.1, 0.15) is 40.0 Å². The summed E-state index contributed by atoms with van der Waals surface area (Å²) in [4.78, 5) is 14.0. The largest absolute Gasteiger partial charge is 0.353 e. The zero-order valence-corrected chi connectivity index (χ0v) is 11.4. The first-order valence-corrected chi connectivity index (χ1v) is 6.80. The normalized spacial score (nSPS) is 25.3. The van der Waals surface area contributed by atoms with Crippen molar-refractivity contribution in [3.8, 4) is 0 Å². The van der Waals surface area contributed by atoms with E-state index < -0.39 is 0 Å². The highest BCUT2D eigenvalue weighted by Gasteiger charge is 2.23. The highest BCUT2D eigenvalue weighted by atomic mass is 16.2. The van der Waals surface area contributed by atoms with Gasteiger partial charge in [0.1, 0.15) is 0 Å². The molecule has 1 saturated heterocycles. The van der Waals surface area contributed by atoms with Crippen molar-refractivity contribution in [1.29, 1.82) is 0 Å². The second-order valence-corrected chi connectivity index (χ2v) is 5.37. The SMILES string of the molecule is CCC(C)NC(=O)CN1CCCC(C(C)N)C1. The monoisotopic (exact) mass is 241 g/mol. The van der Waals surface area contributed by atoms with Gasteiger partial charge in [-0.25, -0.2) is 0 Å². The number of nitrogens with two attached hydrogens (primary N) is 1. The van der Waals surface area contributed by atoms with Crippen molar-refractivity contribution < 1.29 is 4.79 Å². The molecule has 1 aliphatic heterocycles. The molecule has 1 amide bonds. The summed E-state index contributed by atoms with van der Waals surface area (Å²) in [5.74, 6) is 0.685. The summed E-state index contributed by atoms with van der Waals surface area (Å²) in [6, 6.07) is 0.506. The fourth-order valence-electron chi connectivity index (χ4n) is 2.29. The zero-order valence-electron chi connectivity index (χ0n) is 11.4. The van der Waals surface area contributed by atoms with E-state index in [9.17, 15) is 4.79 Å². The molecular weight excluding hydrogens is 214 g/mol. The third kappa shape index (κ3) is 5.04. The smallest absolute Gasteiger partial charge is 0.234 e. The molecule has 0 bridgehead atoms. The molecule has 3 N–H and O–H groups in total. The van der Waals surface area contributed by atoms with E-state index in [0.29, 0.717) is 12.5 Å². The fraction of sp³-hybridized carbons (Fsp3) is 0.923. The van der Waals surface area contributed by atoms with Crippen molar-refractivity contribution in [3.05, 3.63) is 0 Å². The van der Waals surface area contributed by atoms with Gasteiger partial charge in [0.25, 0.3) is 0 Å². The average Bonchev–Trinajstić information content (AvgIpc) is 2.28. The zero-order chi connectivity index (χ0) is 12.8. The Bertz CT molecular complexity index is 243. The summed E-state index contributed by atoms with van der Waals surface area (Å²) < 4.78 is 0. The first kappa shape index (κ1) is 14.5. The van der Waals surface area contributed by atoms with Gasteiger partial charge in [-0.2, -0.15) is 0 Å². The van der Waals surface area contributed by atoms with E-state index in [2.05, 4.69) is 24.1 Å². The van der Waals surface area contributed by atoms with Crippen molar-refractivity contribution in [3.63, 3.8) is 0 Å². The Morgan fingerprint density at radius 2 is 2.24 bits per heavy atom. The minimum Gasteiger partial charge on any atom is -0.353 e. The highest BCUT2D eigenvalue weighted by Crippen LogP contribution is 2.18. The summed E-state index contributed by atoms with van der Waals surface area (Å²) >= 11 is 0. The molecule has 0 spiro atoms. The number of carbonyl (C=O) groups is 1. The van der Waals surface area contributed by atoms with Crippen LogP contribution in [0, 0.1) is 5.92 Å². The molecule has 4 heteroatoms. The van der Waals surface area contributed by atoms with E-state index in [0.717, 1.165) is 25.9 Å². The second-order valence-electron chi connectivity index (χ2n) is 5.37. The van der Waals surface area contributed by atoms with Crippen LogP contribution in [0.2, 0.25) is 0 Å². The topological polar surface area (TPSA) is 58.4 Å². The molecule has 0 saturated carbocycles. The lowest BCUT2D eigenvalue weighted by Crippen LogP contribution is -2.47. The predicted octanol–water partition coefficient (Wildman–Crippen LogP) is 0.960. The maximum atomic E-state index is 11.8. The van der Waals surface area contributed by atoms with E-state index in [1.165, 1.54) is 6.42 Å². The number of hydrogen-bond donors (Lipinski definition) is 2. The third-order valence-corrected chi connectivity index (χ3v) is 3.67. The van der Waals surface area contributed by atoms with Gasteiger partial charge < -0.3 is 11.1 Å². The molecule has 0 aromatic heterocycles. The fourth-order valence-corrected chi connectivity index (χ4v) is 2.29. The second kappa shape index (κ2) is 6.97. The lowest BCUT2D eigenvalue weighted by molar-refractivity contribution is -0.123. The molecule has 3 atom stereocenters. The summed E-state index contributed by atoms with van der Waals surface area (Å²) in [5.41, 5.74) is 5.94. The van der Waals surface area contributed by atoms with Crippen LogP contribution in [0.4, 0.5) is 0 Å². The first-order valence-electron chi connectivity index (χ1n) is 6.80. The minimum absolute atomic E-state index is 0.143. The van der Waals surface area contributed by atoms with Gasteiger partial charge in [-0.3, -0.25) is 9.69 Å². The summed E-state index contributed by atoms with van der Waals surface area (Å²) in [7, 11) is 0. The number of amides is 1. The molecule has 0 aliphatic carbocycles. The van der Waals surface area contributed by atoms with Gasteiger partial charge in [0.2, 0.25) is 5.91 Å². The molecule has 1 aliphatic rings. The van der Waals surface area contributed by atoms with E-state index in [4.69, 9.17) is 5.73 Å². The molecule has 17 heavy (non-hydrogen) atoms. The Balaban J connectivity index is 2.33. The summed E-state index contributed by atoms with van der Waals surface area (Å²) in [6.45, 7) is 8.69. The number of nitrogens with zero attached hydrogens (tertiary/aromatic N) is 1. The Hall–Kier alpha value is -0.610. The Morgan fingerprint density at radius 3 is 2.82 bits per heavy atom. The molecule has 0 radical (unpaired) electrons. The van der Waals surface area contributed by atoms with Crippen LogP contribution in [0.15, 0.2) is 0 Å². The van der Waals surface area contributed by atoms with Gasteiger partial charge >= 0.3 is 0 Å². The summed E-state index contributed by atoms with van der Waals surface area (Å²) in [6.07, 6.45) is 3.33. The number of piperidine rings is 1. The number of carbonyl (C=O) groups excluding carboxylic acids is 1. The molecule has 4 nitrogen and oxygen atoms in total. The van der Waals surface area contributed by atoms with Crippen LogP contribution < -0.4 is 11.1 Å². The standard InChI is InChI=1S/C13H27N3O/c1-4-10(2)15-13(17)9-16-7-5-6-12(8-16)11(3)14/h10-12H,4-9,14H2,1-3H3,(H,15,17). The highest BCUT2D eigenvalue weighted by molar-refractivity contribution is 5.78. The minimum atomic E-state index is 0.143. The van der Waals surface area contributed by atoms with E-state index in [-0.39, 0.29) is 18.0 Å². The lowest BCUT2D eigenvalue weighted by Gasteiger charge is -2.34. The van der Waals surface area contributed by atoms with E-state index in [1.54, 1.807) is 0 Å². The van der Waals surface area contributed by atoms with Crippen LogP contribution in [0.25, 0.3) is 0 Å². The molecular formula is C13H27N3O. The predicted molar refractivity (Wildman–Crippen MR) is 70.7 cm³/mol. The Morgan fingerprint density at radius 1 is 1.53 bits per heavy atom. The molecule has 1 fully saturated rings. The number of nitrogens with one attached hydrogen (secondary N) is 1. The van der Waals surface area contributed by atoms with Crippen LogP contribution in [-0.2, 0) is 4.79 Å². The lowest BCUT2D eigenvalue weighted by atomic mass is 9.92. The van der Waals surface area contributed by atoms with Gasteiger partial charge in [0.15, 0.2) is 0 Å². The molecule has 1 rings (SSSR count). The van der Waals surface area contributed by atoms with Crippen LogP contribution in [-0.4, -0.2) is 42.5 Å². The average molecular weight is 241 g/mol. The van der Waals surface area contributed by atoms with E-state index >= 15 is 0 Å². The van der Waals surface area contributed by atoms with Gasteiger partial charge in [0.05, 0.1) is 6.54 Å². The van der Waals surface area contributed by atoms with E-state index in [1.807, 2.05) is 6.92 Å². The third-order valence-electron chi connectivity index (χ3n) is 3.67. The van der Waals surface area contributed by atoms with Crippen molar-refractivity contribution in [2.45, 2.75) is 52.1 Å². The quantitative estimate of drug-likeness (QED) is 0.754. The van der Waals surface area contributed by atoms with Gasteiger partial charge in [-0.15, -0.1) is 0 Å². The van der Waals surface area contributed by atoms with Crippen molar-refractivity contribution in [2.75, 3.05) is 19.6 Å². The van der Waals surface area contributed by atoms with Crippen LogP contribution in [0.5, 0.6) is 0 Å². The Kier molecular flexibility index (Phi) is 5.92. The van der Waals surface area contributed by atoms with Crippen molar-refractivity contribution in [2.24, 2.45) is 11.7 Å². The maximum absolute atomic E-state index is 11.8. The summed E-state index contributed by atoms with van der Waals surface area (Å²) in [5, 5.41) is 3.01. The van der Waals surface area contributed by atoms with Gasteiger partial charge in [-0.05, 0) is 45.6 Å². The van der Waals surface area contributed by atoms with Crippen molar-refractivity contribution >= 4 is 5.91 Å². The molecule has 3 unspecified atom stereocenters. The van der Waals surface area contributed by atoms with Crippen LogP contribution in [0.3, 0.4) is 0 Å². The number of likely N-dealkylation sites (tertiary alicyclic amines) is 1. The molecule has 1 heterocycles. The molecule has 0 aromatic rings. The number of rotatable bonds is 5. The Labute approximate surface area is 105 Å². The maximum Gasteiger partial charge on any atom is 0.234 e. The van der Waals surface area contributed by atoms with Gasteiger partial charge in [-0.1, -0.05) is 6.92 Å². The first-order chi connectivity index (χ1) is 8.02.